The molecule has 1 amide bonds. The Hall–Kier alpha value is -1.08. The van der Waals surface area contributed by atoms with Gasteiger partial charge in [-0.1, -0.05) is 15.9 Å². The predicted molar refractivity (Wildman–Crippen MR) is 65.7 cm³/mol. The van der Waals surface area contributed by atoms with E-state index in [-0.39, 0.29) is 16.6 Å². The van der Waals surface area contributed by atoms with E-state index < -0.39 is 23.2 Å². The molecule has 2 rings (SSSR count). The third kappa shape index (κ3) is 3.09. The highest BCUT2D eigenvalue weighted by Gasteiger charge is 2.43. The van der Waals surface area contributed by atoms with E-state index in [1.165, 1.54) is 12.1 Å². The van der Waals surface area contributed by atoms with Crippen LogP contribution in [0.5, 0.6) is 0 Å². The molecule has 0 spiro atoms. The summed E-state index contributed by atoms with van der Waals surface area (Å²) in [6.45, 7) is -0.207. The molecular formula is C12H11BrF3NO2. The SMILES string of the molecule is O=C(NC1(CO)CC1)c1ccc(Br)c(C(F)(F)F)c1. The Kier molecular flexibility index (Phi) is 3.61. The Balaban J connectivity index is 2.24. The number of carbonyl (C=O) groups excluding carboxylic acids is 1. The Morgan fingerprint density at radius 3 is 2.53 bits per heavy atom. The van der Waals surface area contributed by atoms with Crippen LogP contribution in [0.4, 0.5) is 13.2 Å². The van der Waals surface area contributed by atoms with Crippen LogP contribution in [-0.2, 0) is 6.18 Å². The van der Waals surface area contributed by atoms with Crippen LogP contribution in [0, 0.1) is 0 Å². The number of carbonyl (C=O) groups is 1. The summed E-state index contributed by atoms with van der Waals surface area (Å²) >= 11 is 2.81. The number of amides is 1. The van der Waals surface area contributed by atoms with Crippen molar-refractivity contribution in [2.45, 2.75) is 24.6 Å². The fourth-order valence-electron chi connectivity index (χ4n) is 1.67. The summed E-state index contributed by atoms with van der Waals surface area (Å²) in [4.78, 5) is 11.8. The molecule has 1 fully saturated rings. The average molecular weight is 338 g/mol. The third-order valence-corrected chi connectivity index (χ3v) is 3.76. The van der Waals surface area contributed by atoms with Crippen molar-refractivity contribution in [1.29, 1.82) is 0 Å². The quantitative estimate of drug-likeness (QED) is 0.890. The molecule has 3 nitrogen and oxygen atoms in total. The fraction of sp³-hybridized carbons (Fsp3) is 0.417. The molecule has 19 heavy (non-hydrogen) atoms. The van der Waals surface area contributed by atoms with Crippen LogP contribution in [0.3, 0.4) is 0 Å². The van der Waals surface area contributed by atoms with Gasteiger partial charge in [0.25, 0.3) is 5.91 Å². The van der Waals surface area contributed by atoms with Crippen molar-refractivity contribution in [2.75, 3.05) is 6.61 Å². The van der Waals surface area contributed by atoms with Crippen molar-refractivity contribution in [3.8, 4) is 0 Å². The molecule has 0 unspecified atom stereocenters. The lowest BCUT2D eigenvalue weighted by atomic mass is 10.1. The molecule has 1 aliphatic carbocycles. The summed E-state index contributed by atoms with van der Waals surface area (Å²) in [5.74, 6) is -0.607. The molecule has 0 bridgehead atoms. The highest BCUT2D eigenvalue weighted by molar-refractivity contribution is 9.10. The van der Waals surface area contributed by atoms with Gasteiger partial charge in [-0.2, -0.15) is 13.2 Å². The number of hydrogen-bond donors (Lipinski definition) is 2. The van der Waals surface area contributed by atoms with E-state index in [0.29, 0.717) is 12.8 Å². The predicted octanol–water partition coefficient (Wildman–Crippen LogP) is 2.72. The second-order valence-corrected chi connectivity index (χ2v) is 5.44. The molecule has 0 aliphatic heterocycles. The number of aliphatic hydroxyl groups excluding tert-OH is 1. The van der Waals surface area contributed by atoms with Gasteiger partial charge in [-0.05, 0) is 31.0 Å². The van der Waals surface area contributed by atoms with E-state index in [4.69, 9.17) is 5.11 Å². The lowest BCUT2D eigenvalue weighted by Crippen LogP contribution is -2.39. The van der Waals surface area contributed by atoms with Gasteiger partial charge in [0, 0.05) is 10.0 Å². The molecule has 0 atom stereocenters. The van der Waals surface area contributed by atoms with Gasteiger partial charge in [0.1, 0.15) is 0 Å². The van der Waals surface area contributed by atoms with Crippen molar-refractivity contribution >= 4 is 21.8 Å². The van der Waals surface area contributed by atoms with E-state index in [1.807, 2.05) is 0 Å². The van der Waals surface area contributed by atoms with Crippen LogP contribution in [0.2, 0.25) is 0 Å². The molecule has 0 heterocycles. The Bertz CT molecular complexity index is 512. The fourth-order valence-corrected chi connectivity index (χ4v) is 2.14. The molecule has 7 heteroatoms. The van der Waals surface area contributed by atoms with Crippen molar-refractivity contribution in [2.24, 2.45) is 0 Å². The second-order valence-electron chi connectivity index (χ2n) is 4.58. The first kappa shape index (κ1) is 14.3. The Morgan fingerprint density at radius 1 is 1.42 bits per heavy atom. The van der Waals surface area contributed by atoms with E-state index >= 15 is 0 Å². The van der Waals surface area contributed by atoms with Crippen LogP contribution < -0.4 is 5.32 Å². The maximum absolute atomic E-state index is 12.7. The standard InChI is InChI=1S/C12H11BrF3NO2/c13-9-2-1-7(5-8(9)12(14,15)16)10(19)17-11(6-18)3-4-11/h1-2,5,18H,3-4,6H2,(H,17,19). The molecule has 1 aliphatic rings. The number of aliphatic hydroxyl groups is 1. The van der Waals surface area contributed by atoms with Gasteiger partial charge < -0.3 is 10.4 Å². The van der Waals surface area contributed by atoms with Crippen LogP contribution in [0.1, 0.15) is 28.8 Å². The van der Waals surface area contributed by atoms with Gasteiger partial charge in [0.2, 0.25) is 0 Å². The Labute approximate surface area is 115 Å². The second kappa shape index (κ2) is 4.79. The molecule has 1 aromatic carbocycles. The number of benzene rings is 1. The first-order valence-electron chi connectivity index (χ1n) is 5.57. The molecule has 1 aromatic rings. The maximum atomic E-state index is 12.7. The molecule has 0 saturated heterocycles. The van der Waals surface area contributed by atoms with Crippen LogP contribution >= 0.6 is 15.9 Å². The van der Waals surface area contributed by atoms with E-state index in [1.54, 1.807) is 0 Å². The first-order valence-corrected chi connectivity index (χ1v) is 6.37. The summed E-state index contributed by atoms with van der Waals surface area (Å²) in [7, 11) is 0. The largest absolute Gasteiger partial charge is 0.417 e. The van der Waals surface area contributed by atoms with Crippen molar-refractivity contribution in [1.82, 2.24) is 5.32 Å². The molecule has 2 N–H and O–H groups in total. The third-order valence-electron chi connectivity index (χ3n) is 3.07. The zero-order valence-corrected chi connectivity index (χ0v) is 11.3. The van der Waals surface area contributed by atoms with Crippen molar-refractivity contribution < 1.29 is 23.1 Å². The topological polar surface area (TPSA) is 49.3 Å². The summed E-state index contributed by atoms with van der Waals surface area (Å²) < 4.78 is 38.0. The van der Waals surface area contributed by atoms with Gasteiger partial charge >= 0.3 is 6.18 Å². The number of nitrogens with one attached hydrogen (secondary N) is 1. The normalized spacial score (nSPS) is 17.1. The zero-order valence-electron chi connectivity index (χ0n) is 9.72. The molecule has 104 valence electrons. The van der Waals surface area contributed by atoms with Crippen LogP contribution in [0.25, 0.3) is 0 Å². The van der Waals surface area contributed by atoms with Crippen LogP contribution in [0.15, 0.2) is 22.7 Å². The lowest BCUT2D eigenvalue weighted by molar-refractivity contribution is -0.138. The molecule has 1 saturated carbocycles. The van der Waals surface area contributed by atoms with Gasteiger partial charge in [0.15, 0.2) is 0 Å². The molecule has 0 radical (unpaired) electrons. The van der Waals surface area contributed by atoms with Crippen LogP contribution in [-0.4, -0.2) is 23.2 Å². The minimum Gasteiger partial charge on any atom is -0.394 e. The summed E-state index contributed by atoms with van der Waals surface area (Å²) in [5, 5.41) is 11.6. The van der Waals surface area contributed by atoms with Crippen molar-refractivity contribution in [3.63, 3.8) is 0 Å². The monoisotopic (exact) mass is 337 g/mol. The van der Waals surface area contributed by atoms with Crippen molar-refractivity contribution in [3.05, 3.63) is 33.8 Å². The smallest absolute Gasteiger partial charge is 0.394 e. The van der Waals surface area contributed by atoms with E-state index in [9.17, 15) is 18.0 Å². The van der Waals surface area contributed by atoms with Gasteiger partial charge in [-0.3, -0.25) is 4.79 Å². The minimum absolute atomic E-state index is 0.0738. The van der Waals surface area contributed by atoms with Gasteiger partial charge in [-0.15, -0.1) is 0 Å². The number of alkyl halides is 3. The highest BCUT2D eigenvalue weighted by Crippen LogP contribution is 2.37. The summed E-state index contributed by atoms with van der Waals surface area (Å²) in [6.07, 6.45) is -3.25. The van der Waals surface area contributed by atoms with E-state index in [0.717, 1.165) is 6.07 Å². The number of rotatable bonds is 3. The summed E-state index contributed by atoms with van der Waals surface area (Å²) in [5.41, 5.74) is -1.62. The summed E-state index contributed by atoms with van der Waals surface area (Å²) in [6, 6.07) is 3.30. The maximum Gasteiger partial charge on any atom is 0.417 e. The van der Waals surface area contributed by atoms with Gasteiger partial charge in [-0.25, -0.2) is 0 Å². The zero-order chi connectivity index (χ0) is 14.3. The number of hydrogen-bond acceptors (Lipinski definition) is 2. The first-order chi connectivity index (χ1) is 8.77. The molecular weight excluding hydrogens is 327 g/mol. The van der Waals surface area contributed by atoms with Gasteiger partial charge in [0.05, 0.1) is 17.7 Å². The van der Waals surface area contributed by atoms with E-state index in [2.05, 4.69) is 21.2 Å². The highest BCUT2D eigenvalue weighted by atomic mass is 79.9. The minimum atomic E-state index is -4.52. The Morgan fingerprint density at radius 2 is 2.05 bits per heavy atom. The molecule has 0 aromatic heterocycles. The number of halogens is 4. The lowest BCUT2D eigenvalue weighted by Gasteiger charge is -2.15. The average Bonchev–Trinajstić information content (AvgIpc) is 3.08.